The SMILES string of the molecule is CCOC(=O)CN(CCOC)C(=O)C1CC2CCC1N2. The van der Waals surface area contributed by atoms with E-state index in [1.165, 1.54) is 0 Å². The van der Waals surface area contributed by atoms with Crippen LogP contribution in [0.2, 0.25) is 0 Å². The van der Waals surface area contributed by atoms with Gasteiger partial charge in [0.2, 0.25) is 5.91 Å². The summed E-state index contributed by atoms with van der Waals surface area (Å²) >= 11 is 0. The van der Waals surface area contributed by atoms with E-state index < -0.39 is 0 Å². The predicted molar refractivity (Wildman–Crippen MR) is 73.1 cm³/mol. The average Bonchev–Trinajstić information content (AvgIpc) is 3.05. The molecular weight excluding hydrogens is 260 g/mol. The van der Waals surface area contributed by atoms with Crippen LogP contribution >= 0.6 is 0 Å². The van der Waals surface area contributed by atoms with Crippen LogP contribution in [0, 0.1) is 5.92 Å². The van der Waals surface area contributed by atoms with Crippen LogP contribution in [-0.2, 0) is 19.1 Å². The zero-order chi connectivity index (χ0) is 14.5. The van der Waals surface area contributed by atoms with Gasteiger partial charge in [-0.15, -0.1) is 0 Å². The molecule has 0 radical (unpaired) electrons. The van der Waals surface area contributed by atoms with Crippen LogP contribution in [0.25, 0.3) is 0 Å². The predicted octanol–water partition coefficient (Wildman–Crippen LogP) is 0.165. The number of hydrogen-bond donors (Lipinski definition) is 1. The van der Waals surface area contributed by atoms with Crippen LogP contribution in [0.1, 0.15) is 26.2 Å². The summed E-state index contributed by atoms with van der Waals surface area (Å²) in [6.07, 6.45) is 3.10. The maximum absolute atomic E-state index is 12.6. The molecule has 3 atom stereocenters. The fraction of sp³-hybridized carbons (Fsp3) is 0.857. The van der Waals surface area contributed by atoms with E-state index in [1.54, 1.807) is 18.9 Å². The average molecular weight is 284 g/mol. The van der Waals surface area contributed by atoms with E-state index in [9.17, 15) is 9.59 Å². The molecular formula is C14H24N2O4. The molecule has 2 saturated heterocycles. The van der Waals surface area contributed by atoms with Crippen molar-refractivity contribution in [1.82, 2.24) is 10.2 Å². The lowest BCUT2D eigenvalue weighted by Crippen LogP contribution is -2.45. The Kier molecular flexibility index (Phi) is 5.37. The van der Waals surface area contributed by atoms with Crippen molar-refractivity contribution in [3.05, 3.63) is 0 Å². The monoisotopic (exact) mass is 284 g/mol. The third-order valence-corrected chi connectivity index (χ3v) is 4.12. The van der Waals surface area contributed by atoms with Gasteiger partial charge in [-0.25, -0.2) is 0 Å². The second kappa shape index (κ2) is 7.04. The molecule has 2 bridgehead atoms. The fourth-order valence-corrected chi connectivity index (χ4v) is 3.16. The van der Waals surface area contributed by atoms with Crippen LogP contribution < -0.4 is 5.32 Å². The summed E-state index contributed by atoms with van der Waals surface area (Å²) in [7, 11) is 1.59. The number of amides is 1. The van der Waals surface area contributed by atoms with Crippen molar-refractivity contribution in [3.63, 3.8) is 0 Å². The Morgan fingerprint density at radius 1 is 1.35 bits per heavy atom. The second-order valence-corrected chi connectivity index (χ2v) is 5.45. The highest BCUT2D eigenvalue weighted by atomic mass is 16.5. The Morgan fingerprint density at radius 2 is 2.15 bits per heavy atom. The molecule has 0 aliphatic carbocycles. The van der Waals surface area contributed by atoms with Gasteiger partial charge in [0.25, 0.3) is 0 Å². The van der Waals surface area contributed by atoms with Crippen LogP contribution in [0.3, 0.4) is 0 Å². The molecule has 0 spiro atoms. The molecule has 2 heterocycles. The van der Waals surface area contributed by atoms with Gasteiger partial charge in [-0.3, -0.25) is 9.59 Å². The number of nitrogens with one attached hydrogen (secondary N) is 1. The lowest BCUT2D eigenvalue weighted by Gasteiger charge is -2.28. The third-order valence-electron chi connectivity index (χ3n) is 4.12. The number of carbonyl (C=O) groups is 2. The molecule has 3 unspecified atom stereocenters. The summed E-state index contributed by atoms with van der Waals surface area (Å²) in [5.41, 5.74) is 0. The Hall–Kier alpha value is -1.14. The van der Waals surface area contributed by atoms with E-state index in [0.717, 1.165) is 19.3 Å². The summed E-state index contributed by atoms with van der Waals surface area (Å²) in [6, 6.07) is 0.751. The number of nitrogens with zero attached hydrogens (tertiary/aromatic N) is 1. The zero-order valence-corrected chi connectivity index (χ0v) is 12.3. The van der Waals surface area contributed by atoms with Gasteiger partial charge in [-0.2, -0.15) is 0 Å². The molecule has 0 aromatic carbocycles. The molecule has 6 heteroatoms. The second-order valence-electron chi connectivity index (χ2n) is 5.45. The number of ether oxygens (including phenoxy) is 2. The first kappa shape index (κ1) is 15.3. The van der Waals surface area contributed by atoms with Crippen molar-refractivity contribution in [2.45, 2.75) is 38.3 Å². The number of carbonyl (C=O) groups excluding carboxylic acids is 2. The molecule has 114 valence electrons. The van der Waals surface area contributed by atoms with Crippen molar-refractivity contribution in [2.24, 2.45) is 5.92 Å². The highest BCUT2D eigenvalue weighted by molar-refractivity contribution is 5.84. The van der Waals surface area contributed by atoms with E-state index in [-0.39, 0.29) is 30.4 Å². The molecule has 2 rings (SSSR count). The van der Waals surface area contributed by atoms with Gasteiger partial charge in [0, 0.05) is 25.7 Å². The van der Waals surface area contributed by atoms with Gasteiger partial charge in [0.1, 0.15) is 6.54 Å². The molecule has 2 aliphatic rings. The summed E-state index contributed by atoms with van der Waals surface area (Å²) in [6.45, 7) is 2.98. The highest BCUT2D eigenvalue weighted by Gasteiger charge is 2.44. The summed E-state index contributed by atoms with van der Waals surface area (Å²) in [5.74, 6) is -0.303. The van der Waals surface area contributed by atoms with Crippen LogP contribution in [0.5, 0.6) is 0 Å². The van der Waals surface area contributed by atoms with Crippen LogP contribution in [0.4, 0.5) is 0 Å². The number of esters is 1. The molecule has 20 heavy (non-hydrogen) atoms. The summed E-state index contributed by atoms with van der Waals surface area (Å²) < 4.78 is 9.96. The zero-order valence-electron chi connectivity index (χ0n) is 12.3. The van der Waals surface area contributed by atoms with Gasteiger partial charge in [-0.1, -0.05) is 0 Å². The minimum atomic E-state index is -0.354. The normalized spacial score (nSPS) is 27.6. The molecule has 2 aliphatic heterocycles. The molecule has 0 saturated carbocycles. The first-order valence-corrected chi connectivity index (χ1v) is 7.35. The third kappa shape index (κ3) is 3.49. The number of rotatable bonds is 7. The molecule has 1 N–H and O–H groups in total. The van der Waals surface area contributed by atoms with Gasteiger partial charge in [0.05, 0.1) is 19.1 Å². The molecule has 1 amide bonds. The minimum Gasteiger partial charge on any atom is -0.465 e. The lowest BCUT2D eigenvalue weighted by molar-refractivity contribution is -0.151. The lowest BCUT2D eigenvalue weighted by atomic mass is 9.88. The van der Waals surface area contributed by atoms with Crippen molar-refractivity contribution < 1.29 is 19.1 Å². The maximum atomic E-state index is 12.6. The molecule has 2 fully saturated rings. The quantitative estimate of drug-likeness (QED) is 0.675. The van der Waals surface area contributed by atoms with E-state index in [2.05, 4.69) is 5.32 Å². The van der Waals surface area contributed by atoms with Gasteiger partial charge < -0.3 is 19.7 Å². The highest BCUT2D eigenvalue weighted by Crippen LogP contribution is 2.34. The summed E-state index contributed by atoms with van der Waals surface area (Å²) in [5, 5.41) is 3.45. The maximum Gasteiger partial charge on any atom is 0.325 e. The van der Waals surface area contributed by atoms with Crippen LogP contribution in [0.15, 0.2) is 0 Å². The van der Waals surface area contributed by atoms with Gasteiger partial charge in [-0.05, 0) is 26.2 Å². The standard InChI is InChI=1S/C14H24N2O4/c1-3-20-13(17)9-16(6-7-19-2)14(18)11-8-10-4-5-12(11)15-10/h10-12,15H,3-9H2,1-2H3. The van der Waals surface area contributed by atoms with E-state index in [4.69, 9.17) is 9.47 Å². The summed E-state index contributed by atoms with van der Waals surface area (Å²) in [4.78, 5) is 25.8. The van der Waals surface area contributed by atoms with Crippen molar-refractivity contribution in [2.75, 3.05) is 33.4 Å². The number of fused-ring (bicyclic) bond motifs is 2. The molecule has 0 aromatic heterocycles. The first-order valence-electron chi connectivity index (χ1n) is 7.35. The first-order chi connectivity index (χ1) is 9.65. The molecule has 6 nitrogen and oxygen atoms in total. The van der Waals surface area contributed by atoms with E-state index in [0.29, 0.717) is 25.8 Å². The van der Waals surface area contributed by atoms with Crippen molar-refractivity contribution in [3.8, 4) is 0 Å². The van der Waals surface area contributed by atoms with Crippen molar-refractivity contribution >= 4 is 11.9 Å². The minimum absolute atomic E-state index is 0.0000302. The van der Waals surface area contributed by atoms with E-state index >= 15 is 0 Å². The smallest absolute Gasteiger partial charge is 0.325 e. The van der Waals surface area contributed by atoms with Crippen LogP contribution in [-0.4, -0.2) is 62.3 Å². The number of methoxy groups -OCH3 is 1. The Balaban J connectivity index is 1.94. The van der Waals surface area contributed by atoms with Gasteiger partial charge >= 0.3 is 5.97 Å². The Bertz CT molecular complexity index is 361. The number of hydrogen-bond acceptors (Lipinski definition) is 5. The largest absolute Gasteiger partial charge is 0.465 e. The fourth-order valence-electron chi connectivity index (χ4n) is 3.16. The Labute approximate surface area is 119 Å². The van der Waals surface area contributed by atoms with Crippen molar-refractivity contribution in [1.29, 1.82) is 0 Å². The molecule has 0 aromatic rings. The topological polar surface area (TPSA) is 67.9 Å². The van der Waals surface area contributed by atoms with E-state index in [1.807, 2.05) is 0 Å². The van der Waals surface area contributed by atoms with Gasteiger partial charge in [0.15, 0.2) is 0 Å². The Morgan fingerprint density at radius 3 is 2.70 bits per heavy atom.